The van der Waals surface area contributed by atoms with Gasteiger partial charge < -0.3 is 4.74 Å². The van der Waals surface area contributed by atoms with Gasteiger partial charge in [0.1, 0.15) is 0 Å². The van der Waals surface area contributed by atoms with Crippen molar-refractivity contribution in [1.82, 2.24) is 4.90 Å². The Morgan fingerprint density at radius 3 is 2.35 bits per heavy atom. The van der Waals surface area contributed by atoms with E-state index in [-0.39, 0.29) is 22.8 Å². The summed E-state index contributed by atoms with van der Waals surface area (Å²) < 4.78 is 5.24. The minimum absolute atomic E-state index is 0.0103. The van der Waals surface area contributed by atoms with Gasteiger partial charge in [-0.15, -0.1) is 0 Å². The molecule has 0 unspecified atom stereocenters. The predicted molar refractivity (Wildman–Crippen MR) is 106 cm³/mol. The van der Waals surface area contributed by atoms with Crippen molar-refractivity contribution in [3.63, 3.8) is 0 Å². The summed E-state index contributed by atoms with van der Waals surface area (Å²) in [6.45, 7) is 14.6. The first kappa shape index (κ1) is 19.2. The molecular weight excluding hydrogens is 322 g/mol. The number of nitrogens with zero attached hydrogens (tertiary/aromatic N) is 1. The Bertz CT molecular complexity index is 723. The minimum atomic E-state index is -0.306. The zero-order chi connectivity index (χ0) is 19.3. The van der Waals surface area contributed by atoms with Crippen molar-refractivity contribution in [1.29, 1.82) is 0 Å². The fourth-order valence-corrected chi connectivity index (χ4v) is 5.83. The molecule has 26 heavy (non-hydrogen) atoms. The molecule has 2 bridgehead atoms. The Balaban J connectivity index is 2.17. The van der Waals surface area contributed by atoms with Crippen LogP contribution >= 0.6 is 0 Å². The summed E-state index contributed by atoms with van der Waals surface area (Å²) in [7, 11) is 1.52. The molecule has 3 aliphatic rings. The maximum absolute atomic E-state index is 12.8. The van der Waals surface area contributed by atoms with Gasteiger partial charge in [0.25, 0.3) is 0 Å². The average molecular weight is 356 g/mol. The van der Waals surface area contributed by atoms with Gasteiger partial charge in [-0.1, -0.05) is 62.2 Å². The summed E-state index contributed by atoms with van der Waals surface area (Å²) >= 11 is 0. The van der Waals surface area contributed by atoms with E-state index in [4.69, 9.17) is 4.74 Å². The molecule has 0 spiro atoms. The van der Waals surface area contributed by atoms with E-state index in [1.54, 1.807) is 0 Å². The van der Waals surface area contributed by atoms with Gasteiger partial charge in [0.15, 0.2) is 0 Å². The van der Waals surface area contributed by atoms with E-state index < -0.39 is 0 Å². The van der Waals surface area contributed by atoms with Gasteiger partial charge in [-0.3, -0.25) is 9.69 Å². The lowest BCUT2D eigenvalue weighted by Gasteiger charge is -2.66. The number of ether oxygens (including phenoxy) is 1. The second-order valence-corrected chi connectivity index (χ2v) is 8.90. The first-order valence-electron chi connectivity index (χ1n) is 9.74. The number of carbonyl (C=O) groups excluding carboxylic acids is 1. The van der Waals surface area contributed by atoms with Gasteiger partial charge in [0, 0.05) is 18.0 Å². The van der Waals surface area contributed by atoms with Crippen molar-refractivity contribution in [2.24, 2.45) is 17.3 Å². The number of rotatable bonds is 4. The molecule has 4 atom stereocenters. The molecule has 2 aliphatic heterocycles. The third-order valence-electron chi connectivity index (χ3n) is 7.38. The van der Waals surface area contributed by atoms with Gasteiger partial charge in [-0.2, -0.15) is 0 Å². The summed E-state index contributed by atoms with van der Waals surface area (Å²) in [5.41, 5.74) is 3.78. The van der Waals surface area contributed by atoms with E-state index in [1.807, 2.05) is 0 Å². The summed E-state index contributed by atoms with van der Waals surface area (Å²) in [6, 6.07) is 11.0. The number of hydrogen-bond acceptors (Lipinski definition) is 3. The second-order valence-electron chi connectivity index (χ2n) is 8.90. The Kier molecular flexibility index (Phi) is 4.81. The van der Waals surface area contributed by atoms with E-state index in [0.717, 1.165) is 13.0 Å². The fourth-order valence-electron chi connectivity index (χ4n) is 5.83. The fraction of sp³-hybridized carbons (Fsp3) is 0.609. The maximum atomic E-state index is 12.8. The van der Waals surface area contributed by atoms with Crippen LogP contribution in [0.15, 0.2) is 41.5 Å². The number of carbonyl (C=O) groups is 1. The number of methoxy groups -OCH3 is 1. The van der Waals surface area contributed by atoms with Crippen LogP contribution in [0.4, 0.5) is 0 Å². The lowest BCUT2D eigenvalue weighted by Crippen LogP contribution is -2.72. The van der Waals surface area contributed by atoms with Crippen LogP contribution < -0.4 is 0 Å². The molecule has 1 aromatic carbocycles. The molecule has 1 aliphatic carbocycles. The molecule has 1 fully saturated rings. The van der Waals surface area contributed by atoms with E-state index in [9.17, 15) is 4.79 Å². The highest BCUT2D eigenvalue weighted by molar-refractivity contribution is 5.76. The van der Waals surface area contributed by atoms with Crippen molar-refractivity contribution >= 4 is 5.97 Å². The molecule has 0 N–H and O–H groups in total. The summed E-state index contributed by atoms with van der Waals surface area (Å²) in [4.78, 5) is 15.4. The quantitative estimate of drug-likeness (QED) is 0.573. The first-order chi connectivity index (χ1) is 12.2. The molecule has 0 aromatic heterocycles. The third kappa shape index (κ3) is 2.55. The van der Waals surface area contributed by atoms with Gasteiger partial charge >= 0.3 is 5.97 Å². The zero-order valence-electron chi connectivity index (χ0n) is 17.3. The average Bonchev–Trinajstić information content (AvgIpc) is 2.61. The topological polar surface area (TPSA) is 29.5 Å². The van der Waals surface area contributed by atoms with Gasteiger partial charge in [0.05, 0.1) is 18.6 Å². The molecular formula is C23H33NO2. The van der Waals surface area contributed by atoms with Crippen molar-refractivity contribution in [3.8, 4) is 0 Å². The zero-order valence-corrected chi connectivity index (χ0v) is 17.3. The first-order valence-corrected chi connectivity index (χ1v) is 9.74. The number of hydrogen-bond donors (Lipinski definition) is 0. The summed E-state index contributed by atoms with van der Waals surface area (Å²) in [5, 5.41) is 0. The highest BCUT2D eigenvalue weighted by atomic mass is 16.5. The lowest BCUT2D eigenvalue weighted by molar-refractivity contribution is -0.168. The SMILES string of the molecule is COC(=O)[C@H]1C[C@@]2(C)C(C)=C(C)[C@]1(C)N(Cc1ccccc1)[C@@H]2C(C)C. The summed E-state index contributed by atoms with van der Waals surface area (Å²) in [6.07, 6.45) is 0.869. The van der Waals surface area contributed by atoms with Gasteiger partial charge in [0.2, 0.25) is 0 Å². The largest absolute Gasteiger partial charge is 0.469 e. The molecule has 0 radical (unpaired) electrons. The maximum Gasteiger partial charge on any atom is 0.310 e. The third-order valence-corrected chi connectivity index (χ3v) is 7.38. The summed E-state index contributed by atoms with van der Waals surface area (Å²) in [5.74, 6) is 0.301. The minimum Gasteiger partial charge on any atom is -0.469 e. The normalized spacial score (nSPS) is 34.5. The van der Waals surface area contributed by atoms with Crippen LogP contribution in [0.1, 0.15) is 53.5 Å². The molecule has 0 amide bonds. The predicted octanol–water partition coefficient (Wildman–Crippen LogP) is 4.82. The van der Waals surface area contributed by atoms with E-state index >= 15 is 0 Å². The van der Waals surface area contributed by atoms with Crippen LogP contribution in [0.3, 0.4) is 0 Å². The van der Waals surface area contributed by atoms with E-state index in [2.05, 4.69) is 76.8 Å². The van der Waals surface area contributed by atoms with Crippen LogP contribution in [0.5, 0.6) is 0 Å². The highest BCUT2D eigenvalue weighted by Gasteiger charge is 2.63. The number of esters is 1. The molecule has 1 saturated heterocycles. The van der Waals surface area contributed by atoms with Gasteiger partial charge in [-0.25, -0.2) is 0 Å². The van der Waals surface area contributed by atoms with Gasteiger partial charge in [-0.05, 0) is 38.7 Å². The number of piperidine rings is 1. The van der Waals surface area contributed by atoms with Crippen LogP contribution in [-0.2, 0) is 16.1 Å². The van der Waals surface area contributed by atoms with E-state index in [1.165, 1.54) is 23.8 Å². The van der Waals surface area contributed by atoms with Crippen LogP contribution in [0.25, 0.3) is 0 Å². The molecule has 3 heteroatoms. The number of benzene rings is 1. The monoisotopic (exact) mass is 355 g/mol. The van der Waals surface area contributed by atoms with Crippen LogP contribution in [-0.4, -0.2) is 29.6 Å². The highest BCUT2D eigenvalue weighted by Crippen LogP contribution is 2.61. The Morgan fingerprint density at radius 1 is 1.19 bits per heavy atom. The Hall–Kier alpha value is -1.61. The molecule has 3 nitrogen and oxygen atoms in total. The van der Waals surface area contributed by atoms with Crippen LogP contribution in [0, 0.1) is 17.3 Å². The van der Waals surface area contributed by atoms with Crippen molar-refractivity contribution in [2.45, 2.75) is 66.1 Å². The Morgan fingerprint density at radius 2 is 1.81 bits per heavy atom. The second kappa shape index (κ2) is 6.53. The van der Waals surface area contributed by atoms with Crippen molar-refractivity contribution in [2.75, 3.05) is 7.11 Å². The van der Waals surface area contributed by atoms with Crippen molar-refractivity contribution in [3.05, 3.63) is 47.0 Å². The Labute approximate surface area is 158 Å². The molecule has 0 saturated carbocycles. The van der Waals surface area contributed by atoms with Crippen molar-refractivity contribution < 1.29 is 9.53 Å². The molecule has 142 valence electrons. The molecule has 1 aromatic rings. The standard InChI is InChI=1S/C23H33NO2/c1-15(2)20-22(5)13-19(21(25)26-7)23(6,17(4)16(22)3)24(20)14-18-11-9-8-10-12-18/h8-12,15,19-20H,13-14H2,1-7H3/t19-,20-,22+,23+/m1/s1. The van der Waals surface area contributed by atoms with E-state index in [0.29, 0.717) is 12.0 Å². The number of fused-ring (bicyclic) bond motifs is 2. The molecule has 4 rings (SSSR count). The lowest BCUT2D eigenvalue weighted by atomic mass is 9.51. The van der Waals surface area contributed by atoms with Crippen LogP contribution in [0.2, 0.25) is 0 Å². The molecule has 2 heterocycles. The smallest absolute Gasteiger partial charge is 0.310 e.